The summed E-state index contributed by atoms with van der Waals surface area (Å²) in [4.78, 5) is 70.3. The molecule has 0 spiro atoms. The quantitative estimate of drug-likeness (QED) is 0.161. The van der Waals surface area contributed by atoms with E-state index in [1.807, 2.05) is 5.32 Å². The fourth-order valence-corrected chi connectivity index (χ4v) is 2.61. The summed E-state index contributed by atoms with van der Waals surface area (Å²) in [6, 6.07) is 4.64. The molecular weight excluding hydrogens is 438 g/mol. The van der Waals surface area contributed by atoms with Gasteiger partial charge in [-0.15, -0.1) is 0 Å². The van der Waals surface area contributed by atoms with Crippen molar-refractivity contribution in [3.63, 3.8) is 0 Å². The van der Waals surface area contributed by atoms with Crippen LogP contribution in [0.5, 0.6) is 0 Å². The van der Waals surface area contributed by atoms with Crippen LogP contribution < -0.4 is 27.0 Å². The van der Waals surface area contributed by atoms with Crippen molar-refractivity contribution in [1.29, 1.82) is 0 Å². The molecule has 0 saturated heterocycles. The highest BCUT2D eigenvalue weighted by Crippen LogP contribution is 2.04. The molecule has 0 aliphatic carbocycles. The minimum atomic E-state index is -1.68. The Bertz CT molecular complexity index is 876. The van der Waals surface area contributed by atoms with E-state index in [4.69, 9.17) is 15.9 Å². The van der Waals surface area contributed by atoms with Gasteiger partial charge in [-0.2, -0.15) is 0 Å². The molecule has 0 fully saturated rings. The highest BCUT2D eigenvalue weighted by molar-refractivity contribution is 5.94. The van der Waals surface area contributed by atoms with Gasteiger partial charge in [-0.05, 0) is 12.5 Å². The minimum absolute atomic E-state index is 0.0638. The van der Waals surface area contributed by atoms with Gasteiger partial charge >= 0.3 is 11.9 Å². The van der Waals surface area contributed by atoms with E-state index in [-0.39, 0.29) is 13.0 Å². The molecule has 0 aliphatic rings. The van der Waals surface area contributed by atoms with Crippen molar-refractivity contribution >= 4 is 35.6 Å². The summed E-state index contributed by atoms with van der Waals surface area (Å²) in [7, 11) is 0. The zero-order valence-electron chi connectivity index (χ0n) is 17.9. The van der Waals surface area contributed by atoms with Gasteiger partial charge in [0.1, 0.15) is 18.1 Å². The monoisotopic (exact) mass is 465 g/mol. The van der Waals surface area contributed by atoms with E-state index in [1.54, 1.807) is 30.3 Å². The van der Waals surface area contributed by atoms with Gasteiger partial charge in [0.25, 0.3) is 0 Å². The normalized spacial score (nSPS) is 13.0. The Hall–Kier alpha value is -4.00. The number of carboxylic acid groups (broad SMARTS) is 2. The summed E-state index contributed by atoms with van der Waals surface area (Å²) in [5, 5.41) is 26.9. The average Bonchev–Trinajstić information content (AvgIpc) is 2.76. The summed E-state index contributed by atoms with van der Waals surface area (Å²) < 4.78 is 0. The molecule has 0 unspecified atom stereocenters. The molecule has 0 heterocycles. The molecule has 1 rings (SSSR count). The molecule has 33 heavy (non-hydrogen) atoms. The SMILES string of the molecule is C[C@H](NC(=O)[C@@H](Cc1ccccc1)NC(=O)CNC(=O)CN)C(=O)N[C@@H](CC(=O)O)C(=O)O. The minimum Gasteiger partial charge on any atom is -0.481 e. The van der Waals surface area contributed by atoms with E-state index in [0.29, 0.717) is 5.56 Å². The van der Waals surface area contributed by atoms with Crippen LogP contribution >= 0.6 is 0 Å². The molecule has 13 heteroatoms. The lowest BCUT2D eigenvalue weighted by atomic mass is 10.0. The van der Waals surface area contributed by atoms with Crippen molar-refractivity contribution in [2.45, 2.75) is 37.9 Å². The maximum Gasteiger partial charge on any atom is 0.326 e. The van der Waals surface area contributed by atoms with Gasteiger partial charge in [-0.3, -0.25) is 24.0 Å². The summed E-state index contributed by atoms with van der Waals surface area (Å²) >= 11 is 0. The van der Waals surface area contributed by atoms with Crippen molar-refractivity contribution < 1.29 is 39.0 Å². The molecule has 13 nitrogen and oxygen atoms in total. The molecule has 0 bridgehead atoms. The second kappa shape index (κ2) is 13.4. The van der Waals surface area contributed by atoms with E-state index >= 15 is 0 Å². The second-order valence-electron chi connectivity index (χ2n) is 7.02. The number of benzene rings is 1. The fourth-order valence-electron chi connectivity index (χ4n) is 2.61. The van der Waals surface area contributed by atoms with Gasteiger partial charge < -0.3 is 37.2 Å². The molecule has 180 valence electrons. The van der Waals surface area contributed by atoms with Crippen LogP contribution in [0.15, 0.2) is 30.3 Å². The summed E-state index contributed by atoms with van der Waals surface area (Å²) in [6.45, 7) is 0.545. The Kier molecular flexibility index (Phi) is 11.0. The standard InChI is InChI=1S/C20H27N5O8/c1-11(18(30)25-14(20(32)33)8-17(28)29)23-19(31)13(7-12-5-3-2-4-6-12)24-16(27)10-22-15(26)9-21/h2-6,11,13-14H,7-10,21H2,1H3,(H,22,26)(H,23,31)(H,24,27)(H,25,30)(H,28,29)(H,32,33)/t11-,13+,14-/m0/s1. The predicted octanol–water partition coefficient (Wildman–Crippen LogP) is -2.66. The zero-order valence-corrected chi connectivity index (χ0v) is 17.9. The Balaban J connectivity index is 2.85. The van der Waals surface area contributed by atoms with E-state index in [2.05, 4.69) is 16.0 Å². The van der Waals surface area contributed by atoms with Crippen molar-refractivity contribution in [1.82, 2.24) is 21.3 Å². The van der Waals surface area contributed by atoms with E-state index in [0.717, 1.165) is 0 Å². The Morgan fingerprint density at radius 1 is 0.879 bits per heavy atom. The lowest BCUT2D eigenvalue weighted by molar-refractivity contribution is -0.147. The molecule has 0 saturated carbocycles. The van der Waals surface area contributed by atoms with Crippen LogP contribution in [0, 0.1) is 0 Å². The van der Waals surface area contributed by atoms with Crippen LogP contribution in [0.2, 0.25) is 0 Å². The first-order valence-corrected chi connectivity index (χ1v) is 9.88. The van der Waals surface area contributed by atoms with Gasteiger partial charge in [0.05, 0.1) is 19.5 Å². The van der Waals surface area contributed by atoms with Crippen LogP contribution in [0.4, 0.5) is 0 Å². The largest absolute Gasteiger partial charge is 0.481 e. The second-order valence-corrected chi connectivity index (χ2v) is 7.02. The molecule has 4 amide bonds. The maximum absolute atomic E-state index is 12.8. The highest BCUT2D eigenvalue weighted by atomic mass is 16.4. The first-order chi connectivity index (χ1) is 15.5. The van der Waals surface area contributed by atoms with E-state index < -0.39 is 66.7 Å². The number of hydrogen-bond acceptors (Lipinski definition) is 7. The zero-order chi connectivity index (χ0) is 25.0. The molecule has 3 atom stereocenters. The van der Waals surface area contributed by atoms with Crippen LogP contribution in [0.3, 0.4) is 0 Å². The number of carbonyl (C=O) groups is 6. The van der Waals surface area contributed by atoms with Crippen molar-refractivity contribution in [3.05, 3.63) is 35.9 Å². The first kappa shape index (κ1) is 27.0. The third-order valence-electron chi connectivity index (χ3n) is 4.31. The third-order valence-corrected chi connectivity index (χ3v) is 4.31. The lowest BCUT2D eigenvalue weighted by Crippen LogP contribution is -2.56. The Labute approximate surface area is 189 Å². The summed E-state index contributed by atoms with van der Waals surface area (Å²) in [5.41, 5.74) is 5.86. The third kappa shape index (κ3) is 10.2. The maximum atomic E-state index is 12.8. The number of aliphatic carboxylic acids is 2. The summed E-state index contributed by atoms with van der Waals surface area (Å²) in [6.07, 6.45) is -0.780. The number of nitrogens with one attached hydrogen (secondary N) is 4. The van der Waals surface area contributed by atoms with Crippen molar-refractivity contribution in [2.75, 3.05) is 13.1 Å². The average molecular weight is 465 g/mol. The number of rotatable bonds is 13. The van der Waals surface area contributed by atoms with Crippen LogP contribution in [0.25, 0.3) is 0 Å². The number of nitrogens with two attached hydrogens (primary N) is 1. The molecule has 0 radical (unpaired) electrons. The number of carbonyl (C=O) groups excluding carboxylic acids is 4. The topological polar surface area (TPSA) is 217 Å². The summed E-state index contributed by atoms with van der Waals surface area (Å²) in [5.74, 6) is -5.86. The molecular formula is C20H27N5O8. The molecule has 1 aromatic carbocycles. The fraction of sp³-hybridized carbons (Fsp3) is 0.400. The van der Waals surface area contributed by atoms with Gasteiger partial charge in [0.2, 0.25) is 23.6 Å². The number of amides is 4. The van der Waals surface area contributed by atoms with Gasteiger partial charge in [0.15, 0.2) is 0 Å². The smallest absolute Gasteiger partial charge is 0.326 e. The molecule has 1 aromatic rings. The van der Waals surface area contributed by atoms with Crippen molar-refractivity contribution in [2.24, 2.45) is 5.73 Å². The first-order valence-electron chi connectivity index (χ1n) is 9.88. The Morgan fingerprint density at radius 2 is 1.52 bits per heavy atom. The van der Waals surface area contributed by atoms with Crippen LogP contribution in [-0.2, 0) is 35.2 Å². The molecule has 0 aliphatic heterocycles. The van der Waals surface area contributed by atoms with Gasteiger partial charge in [0, 0.05) is 6.42 Å². The van der Waals surface area contributed by atoms with E-state index in [9.17, 15) is 28.8 Å². The Morgan fingerprint density at radius 3 is 2.06 bits per heavy atom. The lowest BCUT2D eigenvalue weighted by Gasteiger charge is -2.22. The van der Waals surface area contributed by atoms with Crippen LogP contribution in [0.1, 0.15) is 18.9 Å². The van der Waals surface area contributed by atoms with Crippen LogP contribution in [-0.4, -0.2) is 77.0 Å². The predicted molar refractivity (Wildman–Crippen MR) is 114 cm³/mol. The highest BCUT2D eigenvalue weighted by Gasteiger charge is 2.28. The molecule has 0 aromatic heterocycles. The van der Waals surface area contributed by atoms with E-state index in [1.165, 1.54) is 6.92 Å². The van der Waals surface area contributed by atoms with Crippen molar-refractivity contribution in [3.8, 4) is 0 Å². The van der Waals surface area contributed by atoms with Gasteiger partial charge in [-0.25, -0.2) is 4.79 Å². The molecule has 8 N–H and O–H groups in total. The number of hydrogen-bond donors (Lipinski definition) is 7. The number of carboxylic acids is 2. The van der Waals surface area contributed by atoms with Gasteiger partial charge in [-0.1, -0.05) is 30.3 Å².